The second-order valence-electron chi connectivity index (χ2n) is 10.1. The number of para-hydroxylation sites is 1. The molecule has 2 aliphatic heterocycles. The highest BCUT2D eigenvalue weighted by atomic mass is 32.1. The van der Waals surface area contributed by atoms with Gasteiger partial charge in [-0.2, -0.15) is 0 Å². The number of likely N-dealkylation sites (N-methyl/N-ethyl adjacent to an activating group) is 1. The highest BCUT2D eigenvalue weighted by molar-refractivity contribution is 7.21. The standard InChI is InChI=1S/C31H26N2O2S/c1-30(2)24-18-20(34-4)13-14-26(24)33(3)31(30)16-15-22-21-10-6-5-9-19(21)17-23(28(22)35-31)29-32-25-11-7-8-12-27(25)36-29/h5-18H,1-4H3. The molecule has 3 heterocycles. The van der Waals surface area contributed by atoms with E-state index in [-0.39, 0.29) is 5.41 Å². The van der Waals surface area contributed by atoms with Gasteiger partial charge in [0.05, 0.1) is 28.3 Å². The molecule has 0 saturated heterocycles. The molecule has 0 radical (unpaired) electrons. The van der Waals surface area contributed by atoms with Gasteiger partial charge in [0.15, 0.2) is 0 Å². The van der Waals surface area contributed by atoms with Gasteiger partial charge in [0.1, 0.15) is 16.5 Å². The summed E-state index contributed by atoms with van der Waals surface area (Å²) in [5, 5.41) is 3.34. The van der Waals surface area contributed by atoms with Gasteiger partial charge in [0.2, 0.25) is 5.72 Å². The predicted molar refractivity (Wildman–Crippen MR) is 149 cm³/mol. The topological polar surface area (TPSA) is 34.6 Å². The summed E-state index contributed by atoms with van der Waals surface area (Å²) < 4.78 is 14.0. The van der Waals surface area contributed by atoms with Gasteiger partial charge in [-0.1, -0.05) is 36.4 Å². The fourth-order valence-electron chi connectivity index (χ4n) is 5.91. The number of aromatic nitrogens is 1. The SMILES string of the molecule is COc1ccc2c(c1)C(C)(C)C1(C=Cc3c(c(-c4nc5ccccc5s4)cc4ccccc34)O1)N2C. The molecule has 0 saturated carbocycles. The third kappa shape index (κ3) is 2.72. The molecule has 1 unspecified atom stereocenters. The van der Waals surface area contributed by atoms with Crippen molar-refractivity contribution in [3.8, 4) is 22.1 Å². The van der Waals surface area contributed by atoms with Gasteiger partial charge in [-0.3, -0.25) is 0 Å². The monoisotopic (exact) mass is 490 g/mol. The summed E-state index contributed by atoms with van der Waals surface area (Å²) >= 11 is 1.71. The summed E-state index contributed by atoms with van der Waals surface area (Å²) in [5.74, 6) is 1.74. The maximum absolute atomic E-state index is 7.22. The first-order valence-electron chi connectivity index (χ1n) is 12.2. The zero-order chi connectivity index (χ0) is 24.7. The summed E-state index contributed by atoms with van der Waals surface area (Å²) in [6.07, 6.45) is 4.48. The average Bonchev–Trinajstić information content (AvgIpc) is 3.40. The number of ether oxygens (including phenoxy) is 2. The Morgan fingerprint density at radius 2 is 1.78 bits per heavy atom. The van der Waals surface area contributed by atoms with Crippen molar-refractivity contribution in [2.75, 3.05) is 19.1 Å². The van der Waals surface area contributed by atoms with Crippen molar-refractivity contribution >= 4 is 44.1 Å². The van der Waals surface area contributed by atoms with Gasteiger partial charge in [-0.15, -0.1) is 11.3 Å². The van der Waals surface area contributed by atoms with E-state index >= 15 is 0 Å². The first-order valence-corrected chi connectivity index (χ1v) is 13.0. The molecule has 36 heavy (non-hydrogen) atoms. The molecular weight excluding hydrogens is 464 g/mol. The fourth-order valence-corrected chi connectivity index (χ4v) is 6.89. The van der Waals surface area contributed by atoms with Crippen molar-refractivity contribution < 1.29 is 9.47 Å². The van der Waals surface area contributed by atoms with Gasteiger partial charge in [-0.05, 0) is 78.7 Å². The van der Waals surface area contributed by atoms with Crippen LogP contribution in [-0.4, -0.2) is 24.9 Å². The molecule has 7 rings (SSSR count). The summed E-state index contributed by atoms with van der Waals surface area (Å²) in [7, 11) is 3.83. The number of hydrogen-bond donors (Lipinski definition) is 0. The van der Waals surface area contributed by atoms with Crippen LogP contribution < -0.4 is 14.4 Å². The van der Waals surface area contributed by atoms with Crippen LogP contribution in [0, 0.1) is 0 Å². The second-order valence-corrected chi connectivity index (χ2v) is 11.1. The van der Waals surface area contributed by atoms with Crippen molar-refractivity contribution in [2.45, 2.75) is 25.0 Å². The van der Waals surface area contributed by atoms with E-state index in [2.05, 4.69) is 98.6 Å². The number of nitrogens with zero attached hydrogens (tertiary/aromatic N) is 2. The van der Waals surface area contributed by atoms with Crippen LogP contribution >= 0.6 is 11.3 Å². The molecular formula is C31H26N2O2S. The molecule has 0 N–H and O–H groups in total. The molecule has 2 aliphatic rings. The van der Waals surface area contributed by atoms with Gasteiger partial charge in [0.25, 0.3) is 0 Å². The molecule has 1 atom stereocenters. The van der Waals surface area contributed by atoms with E-state index in [4.69, 9.17) is 14.5 Å². The maximum atomic E-state index is 7.22. The lowest BCUT2D eigenvalue weighted by atomic mass is 9.76. The van der Waals surface area contributed by atoms with E-state index in [1.807, 2.05) is 12.1 Å². The Balaban J connectivity index is 1.47. The van der Waals surface area contributed by atoms with Crippen LogP contribution in [0.1, 0.15) is 25.0 Å². The van der Waals surface area contributed by atoms with E-state index in [0.717, 1.165) is 38.8 Å². The molecule has 1 aromatic heterocycles. The van der Waals surface area contributed by atoms with Crippen LogP contribution in [0.4, 0.5) is 5.69 Å². The fraction of sp³-hybridized carbons (Fsp3) is 0.194. The molecule has 0 amide bonds. The number of thiazole rings is 1. The molecule has 4 aromatic carbocycles. The molecule has 178 valence electrons. The number of rotatable bonds is 2. The van der Waals surface area contributed by atoms with E-state index in [0.29, 0.717) is 0 Å². The van der Waals surface area contributed by atoms with Crippen molar-refractivity contribution in [3.63, 3.8) is 0 Å². The number of anilines is 1. The Bertz CT molecular complexity index is 1680. The van der Waals surface area contributed by atoms with Crippen molar-refractivity contribution in [2.24, 2.45) is 0 Å². The summed E-state index contributed by atoms with van der Waals surface area (Å²) in [6.45, 7) is 4.50. The normalized spacial score (nSPS) is 19.5. The first kappa shape index (κ1) is 21.5. The number of benzene rings is 4. The number of fused-ring (bicyclic) bond motifs is 5. The summed E-state index contributed by atoms with van der Waals surface area (Å²) in [6, 6.07) is 25.3. The largest absolute Gasteiger partial charge is 0.497 e. The van der Waals surface area contributed by atoms with Crippen molar-refractivity contribution in [3.05, 3.63) is 90.0 Å². The summed E-state index contributed by atoms with van der Waals surface area (Å²) in [5.41, 5.74) is 4.48. The maximum Gasteiger partial charge on any atom is 0.211 e. The first-order chi connectivity index (χ1) is 17.4. The Kier molecular flexibility index (Phi) is 4.37. The molecule has 0 fully saturated rings. The van der Waals surface area contributed by atoms with Crippen LogP contribution in [0.3, 0.4) is 0 Å². The van der Waals surface area contributed by atoms with E-state index in [1.165, 1.54) is 21.0 Å². The van der Waals surface area contributed by atoms with Crippen LogP contribution in [0.15, 0.2) is 78.9 Å². The van der Waals surface area contributed by atoms with Crippen molar-refractivity contribution in [1.82, 2.24) is 4.98 Å². The van der Waals surface area contributed by atoms with Crippen LogP contribution in [-0.2, 0) is 5.41 Å². The lowest BCUT2D eigenvalue weighted by Gasteiger charge is -2.46. The van der Waals surface area contributed by atoms with Crippen molar-refractivity contribution in [1.29, 1.82) is 0 Å². The molecule has 0 bridgehead atoms. The number of methoxy groups -OCH3 is 1. The zero-order valence-electron chi connectivity index (χ0n) is 20.7. The number of hydrogen-bond acceptors (Lipinski definition) is 5. The minimum Gasteiger partial charge on any atom is -0.497 e. The Morgan fingerprint density at radius 1 is 0.972 bits per heavy atom. The lowest BCUT2D eigenvalue weighted by Crippen LogP contribution is -2.58. The lowest BCUT2D eigenvalue weighted by molar-refractivity contribution is 0.0589. The van der Waals surface area contributed by atoms with Gasteiger partial charge < -0.3 is 14.4 Å². The molecule has 5 aromatic rings. The van der Waals surface area contributed by atoms with E-state index in [1.54, 1.807) is 18.4 Å². The van der Waals surface area contributed by atoms with E-state index < -0.39 is 5.72 Å². The smallest absolute Gasteiger partial charge is 0.211 e. The molecule has 5 heteroatoms. The Hall–Kier alpha value is -3.83. The average molecular weight is 491 g/mol. The molecule has 1 spiro atoms. The third-order valence-electron chi connectivity index (χ3n) is 7.93. The quantitative estimate of drug-likeness (QED) is 0.254. The summed E-state index contributed by atoms with van der Waals surface area (Å²) in [4.78, 5) is 7.28. The van der Waals surface area contributed by atoms with Gasteiger partial charge >= 0.3 is 0 Å². The van der Waals surface area contributed by atoms with Crippen LogP contribution in [0.2, 0.25) is 0 Å². The van der Waals surface area contributed by atoms with Crippen LogP contribution in [0.5, 0.6) is 11.5 Å². The van der Waals surface area contributed by atoms with E-state index in [9.17, 15) is 0 Å². The molecule has 0 aliphatic carbocycles. The second kappa shape index (κ2) is 7.34. The highest BCUT2D eigenvalue weighted by Gasteiger charge is 2.58. The Labute approximate surface area is 214 Å². The Morgan fingerprint density at radius 3 is 2.61 bits per heavy atom. The minimum absolute atomic E-state index is 0.337. The third-order valence-corrected chi connectivity index (χ3v) is 9.00. The zero-order valence-corrected chi connectivity index (χ0v) is 21.5. The minimum atomic E-state index is -0.692. The van der Waals surface area contributed by atoms with Gasteiger partial charge in [0, 0.05) is 18.3 Å². The van der Waals surface area contributed by atoms with Gasteiger partial charge in [-0.25, -0.2) is 4.98 Å². The predicted octanol–water partition coefficient (Wildman–Crippen LogP) is 7.65. The van der Waals surface area contributed by atoms with Crippen LogP contribution in [0.25, 0.3) is 37.6 Å². The highest BCUT2D eigenvalue weighted by Crippen LogP contribution is 2.57. The molecule has 4 nitrogen and oxygen atoms in total.